The lowest BCUT2D eigenvalue weighted by molar-refractivity contribution is 0.0694. The molecule has 1 N–H and O–H groups in total. The molecule has 0 heterocycles. The summed E-state index contributed by atoms with van der Waals surface area (Å²) in [6.45, 7) is 2.29. The molecular formula is C16H15FO4. The summed E-state index contributed by atoms with van der Waals surface area (Å²) in [5.74, 6) is -0.573. The maximum Gasteiger partial charge on any atom is 0.336 e. The van der Waals surface area contributed by atoms with Crippen LogP contribution in [0, 0.1) is 5.82 Å². The molecule has 2 rings (SSSR count). The monoisotopic (exact) mass is 290 g/mol. The van der Waals surface area contributed by atoms with Gasteiger partial charge in [0.15, 0.2) is 11.5 Å². The van der Waals surface area contributed by atoms with Crippen molar-refractivity contribution in [3.8, 4) is 11.5 Å². The van der Waals surface area contributed by atoms with Crippen LogP contribution >= 0.6 is 0 Å². The van der Waals surface area contributed by atoms with Crippen LogP contribution in [0.1, 0.15) is 22.8 Å². The van der Waals surface area contributed by atoms with Crippen molar-refractivity contribution in [2.45, 2.75) is 13.5 Å². The molecule has 0 atom stereocenters. The highest BCUT2D eigenvalue weighted by atomic mass is 19.1. The Hall–Kier alpha value is -2.56. The highest BCUT2D eigenvalue weighted by Gasteiger charge is 2.12. The predicted molar refractivity (Wildman–Crippen MR) is 75.3 cm³/mol. The average molecular weight is 290 g/mol. The SMILES string of the molecule is CCOc1ccccc1OCc1cc(F)ccc1C(=O)O. The molecular weight excluding hydrogens is 275 g/mol. The zero-order valence-electron chi connectivity index (χ0n) is 11.5. The van der Waals surface area contributed by atoms with E-state index in [1.54, 1.807) is 18.2 Å². The summed E-state index contributed by atoms with van der Waals surface area (Å²) in [7, 11) is 0. The van der Waals surface area contributed by atoms with E-state index in [1.807, 2.05) is 13.0 Å². The minimum absolute atomic E-state index is 0.0188. The lowest BCUT2D eigenvalue weighted by Gasteiger charge is -2.12. The molecule has 0 radical (unpaired) electrons. The second kappa shape index (κ2) is 6.74. The summed E-state index contributed by atoms with van der Waals surface area (Å²) in [5.41, 5.74) is 0.291. The molecule has 0 aliphatic carbocycles. The number of rotatable bonds is 6. The van der Waals surface area contributed by atoms with E-state index in [2.05, 4.69) is 0 Å². The fraction of sp³-hybridized carbons (Fsp3) is 0.188. The van der Waals surface area contributed by atoms with Crippen LogP contribution in [-0.2, 0) is 6.61 Å². The van der Waals surface area contributed by atoms with Gasteiger partial charge >= 0.3 is 5.97 Å². The van der Waals surface area contributed by atoms with Crippen LogP contribution in [-0.4, -0.2) is 17.7 Å². The van der Waals surface area contributed by atoms with Crippen molar-refractivity contribution in [2.24, 2.45) is 0 Å². The standard InChI is InChI=1S/C16H15FO4/c1-2-20-14-5-3-4-6-15(14)21-10-11-9-12(17)7-8-13(11)16(18)19/h3-9H,2,10H2,1H3,(H,18,19). The Morgan fingerprint density at radius 2 is 1.81 bits per heavy atom. The summed E-state index contributed by atoms with van der Waals surface area (Å²) in [6.07, 6.45) is 0. The molecule has 0 aliphatic rings. The van der Waals surface area contributed by atoms with Gasteiger partial charge in [-0.15, -0.1) is 0 Å². The molecule has 0 unspecified atom stereocenters. The van der Waals surface area contributed by atoms with Crippen LogP contribution in [0.15, 0.2) is 42.5 Å². The van der Waals surface area contributed by atoms with Crippen LogP contribution in [0.3, 0.4) is 0 Å². The van der Waals surface area contributed by atoms with Gasteiger partial charge in [-0.3, -0.25) is 0 Å². The number of hydrogen-bond donors (Lipinski definition) is 1. The summed E-state index contributed by atoms with van der Waals surface area (Å²) < 4.78 is 24.2. The lowest BCUT2D eigenvalue weighted by Crippen LogP contribution is -2.07. The van der Waals surface area contributed by atoms with Gasteiger partial charge in [0.2, 0.25) is 0 Å². The Morgan fingerprint density at radius 3 is 2.43 bits per heavy atom. The first-order valence-electron chi connectivity index (χ1n) is 6.48. The number of ether oxygens (including phenoxy) is 2. The summed E-state index contributed by atoms with van der Waals surface area (Å²) in [4.78, 5) is 11.1. The normalized spacial score (nSPS) is 10.2. The van der Waals surface area contributed by atoms with Gasteiger partial charge in [0, 0.05) is 5.56 Å². The Kier molecular flexibility index (Phi) is 4.77. The van der Waals surface area contributed by atoms with Crippen molar-refractivity contribution >= 4 is 5.97 Å². The summed E-state index contributed by atoms with van der Waals surface area (Å²) in [5, 5.41) is 9.09. The molecule has 2 aromatic carbocycles. The van der Waals surface area contributed by atoms with E-state index >= 15 is 0 Å². The van der Waals surface area contributed by atoms with E-state index in [4.69, 9.17) is 14.6 Å². The minimum atomic E-state index is -1.12. The Morgan fingerprint density at radius 1 is 1.14 bits per heavy atom. The molecule has 0 aliphatic heterocycles. The van der Waals surface area contributed by atoms with Crippen LogP contribution in [0.4, 0.5) is 4.39 Å². The molecule has 0 fully saturated rings. The van der Waals surface area contributed by atoms with Crippen molar-refractivity contribution in [3.63, 3.8) is 0 Å². The van der Waals surface area contributed by atoms with E-state index in [1.165, 1.54) is 6.07 Å². The largest absolute Gasteiger partial charge is 0.490 e. The molecule has 0 saturated heterocycles. The average Bonchev–Trinajstić information content (AvgIpc) is 2.46. The Balaban J connectivity index is 2.20. The molecule has 0 spiro atoms. The third kappa shape index (κ3) is 3.72. The molecule has 110 valence electrons. The van der Waals surface area contributed by atoms with E-state index in [0.717, 1.165) is 12.1 Å². The minimum Gasteiger partial charge on any atom is -0.490 e. The van der Waals surface area contributed by atoms with Gasteiger partial charge in [-0.2, -0.15) is 0 Å². The number of para-hydroxylation sites is 2. The first-order chi connectivity index (χ1) is 10.1. The highest BCUT2D eigenvalue weighted by Crippen LogP contribution is 2.27. The van der Waals surface area contributed by atoms with E-state index in [0.29, 0.717) is 18.1 Å². The second-order valence-corrected chi connectivity index (χ2v) is 4.28. The molecule has 4 nitrogen and oxygen atoms in total. The fourth-order valence-corrected chi connectivity index (χ4v) is 1.89. The smallest absolute Gasteiger partial charge is 0.336 e. The maximum atomic E-state index is 13.3. The summed E-state index contributed by atoms with van der Waals surface area (Å²) >= 11 is 0. The van der Waals surface area contributed by atoms with Crippen LogP contribution in [0.5, 0.6) is 11.5 Å². The quantitative estimate of drug-likeness (QED) is 0.884. The van der Waals surface area contributed by atoms with Crippen LogP contribution in [0.25, 0.3) is 0 Å². The fourth-order valence-electron chi connectivity index (χ4n) is 1.89. The van der Waals surface area contributed by atoms with Gasteiger partial charge in [0.25, 0.3) is 0 Å². The van der Waals surface area contributed by atoms with Crippen molar-refractivity contribution in [1.29, 1.82) is 0 Å². The second-order valence-electron chi connectivity index (χ2n) is 4.28. The van der Waals surface area contributed by atoms with Gasteiger partial charge in [-0.1, -0.05) is 12.1 Å². The van der Waals surface area contributed by atoms with Crippen LogP contribution < -0.4 is 9.47 Å². The molecule has 2 aromatic rings. The molecule has 5 heteroatoms. The van der Waals surface area contributed by atoms with Crippen LogP contribution in [0.2, 0.25) is 0 Å². The Bertz CT molecular complexity index is 640. The third-order valence-corrected chi connectivity index (χ3v) is 2.83. The molecule has 0 bridgehead atoms. The van der Waals surface area contributed by atoms with Crippen molar-refractivity contribution in [1.82, 2.24) is 0 Å². The molecule has 0 aromatic heterocycles. The molecule has 0 amide bonds. The number of carboxylic acid groups (broad SMARTS) is 1. The number of carboxylic acids is 1. The van der Waals surface area contributed by atoms with Gasteiger partial charge in [-0.25, -0.2) is 9.18 Å². The zero-order valence-corrected chi connectivity index (χ0v) is 11.5. The van der Waals surface area contributed by atoms with Gasteiger partial charge < -0.3 is 14.6 Å². The van der Waals surface area contributed by atoms with E-state index in [9.17, 15) is 9.18 Å². The topological polar surface area (TPSA) is 55.8 Å². The molecule has 21 heavy (non-hydrogen) atoms. The van der Waals surface area contributed by atoms with Gasteiger partial charge in [0.05, 0.1) is 12.2 Å². The van der Waals surface area contributed by atoms with Crippen molar-refractivity contribution in [3.05, 3.63) is 59.4 Å². The zero-order chi connectivity index (χ0) is 15.2. The first kappa shape index (κ1) is 14.8. The van der Waals surface area contributed by atoms with E-state index < -0.39 is 11.8 Å². The van der Waals surface area contributed by atoms with Crippen molar-refractivity contribution < 1.29 is 23.8 Å². The number of hydrogen-bond acceptors (Lipinski definition) is 3. The predicted octanol–water partition coefficient (Wildman–Crippen LogP) is 3.50. The number of aromatic carboxylic acids is 1. The number of carbonyl (C=O) groups is 1. The maximum absolute atomic E-state index is 13.3. The highest BCUT2D eigenvalue weighted by molar-refractivity contribution is 5.89. The first-order valence-corrected chi connectivity index (χ1v) is 6.48. The van der Waals surface area contributed by atoms with E-state index in [-0.39, 0.29) is 17.7 Å². The lowest BCUT2D eigenvalue weighted by atomic mass is 10.1. The number of halogens is 1. The van der Waals surface area contributed by atoms with Gasteiger partial charge in [-0.05, 0) is 37.3 Å². The third-order valence-electron chi connectivity index (χ3n) is 2.83. The van der Waals surface area contributed by atoms with Gasteiger partial charge in [0.1, 0.15) is 12.4 Å². The Labute approximate surface area is 121 Å². The summed E-state index contributed by atoms with van der Waals surface area (Å²) in [6, 6.07) is 10.6. The molecule has 0 saturated carbocycles. The van der Waals surface area contributed by atoms with Crippen molar-refractivity contribution in [2.75, 3.05) is 6.61 Å². The number of benzene rings is 2.